The Morgan fingerprint density at radius 1 is 0.944 bits per heavy atom. The summed E-state index contributed by atoms with van der Waals surface area (Å²) in [5.74, 6) is -0.954. The minimum absolute atomic E-state index is 0.146. The largest absolute Gasteiger partial charge is 0.493 e. The van der Waals surface area contributed by atoms with Crippen LogP contribution in [0.15, 0.2) is 30.3 Å². The van der Waals surface area contributed by atoms with Crippen molar-refractivity contribution in [2.45, 2.75) is 57.5 Å². The van der Waals surface area contributed by atoms with Crippen molar-refractivity contribution in [1.82, 2.24) is 14.4 Å². The summed E-state index contributed by atoms with van der Waals surface area (Å²) in [7, 11) is 3.47. The summed E-state index contributed by atoms with van der Waals surface area (Å²) < 4.78 is 52.2. The molecule has 10 heteroatoms. The number of methoxy groups -OCH3 is 1. The van der Waals surface area contributed by atoms with Gasteiger partial charge in [0.15, 0.2) is 11.5 Å². The highest BCUT2D eigenvalue weighted by molar-refractivity contribution is 5.99. The molecule has 0 N–H and O–H groups in total. The van der Waals surface area contributed by atoms with Gasteiger partial charge in [0.05, 0.1) is 18.3 Å². The number of carbonyl (C=O) groups excluding carboxylic acids is 2. The predicted octanol–water partition coefficient (Wildman–Crippen LogP) is 4.50. The molecule has 0 bridgehead atoms. The number of carbonyl (C=O) groups is 2. The summed E-state index contributed by atoms with van der Waals surface area (Å²) in [5, 5.41) is 0. The minimum Gasteiger partial charge on any atom is -0.493 e. The maximum absolute atomic E-state index is 13.3. The molecule has 2 aliphatic rings. The molecule has 0 aliphatic carbocycles. The number of alkyl halides is 3. The molecule has 1 amide bonds. The normalized spacial score (nSPS) is 18.2. The van der Waals surface area contributed by atoms with Crippen LogP contribution in [-0.4, -0.2) is 71.6 Å². The van der Waals surface area contributed by atoms with Gasteiger partial charge in [-0.2, -0.15) is 13.2 Å². The predicted molar refractivity (Wildman–Crippen MR) is 128 cm³/mol. The lowest BCUT2D eigenvalue weighted by Gasteiger charge is -2.50. The van der Waals surface area contributed by atoms with Gasteiger partial charge in [0.1, 0.15) is 5.60 Å². The van der Waals surface area contributed by atoms with Crippen LogP contribution in [-0.2, 0) is 12.1 Å². The van der Waals surface area contributed by atoms with E-state index in [1.807, 2.05) is 27.8 Å². The number of rotatable bonds is 4. The van der Waals surface area contributed by atoms with Crippen LogP contribution in [0.2, 0.25) is 0 Å². The number of hydrogen-bond acceptors (Lipinski definition) is 5. The van der Waals surface area contributed by atoms with E-state index in [2.05, 4.69) is 4.90 Å². The van der Waals surface area contributed by atoms with Gasteiger partial charge in [-0.25, -0.2) is 0 Å². The Balaban J connectivity index is 1.54. The van der Waals surface area contributed by atoms with Crippen LogP contribution in [0, 0.1) is 0 Å². The number of likely N-dealkylation sites (N-methyl/N-ethyl adjacent to an activating group) is 1. The Labute approximate surface area is 208 Å². The molecule has 0 radical (unpaired) electrons. The van der Waals surface area contributed by atoms with Crippen LogP contribution in [0.4, 0.5) is 13.2 Å². The maximum atomic E-state index is 13.3. The first kappa shape index (κ1) is 26.1. The summed E-state index contributed by atoms with van der Waals surface area (Å²) >= 11 is 0. The third-order valence-corrected chi connectivity index (χ3v) is 7.04. The Bertz CT molecular complexity index is 1160. The van der Waals surface area contributed by atoms with Gasteiger partial charge < -0.3 is 18.9 Å². The molecule has 2 aliphatic heterocycles. The highest BCUT2D eigenvalue weighted by Gasteiger charge is 2.48. The molecule has 36 heavy (non-hydrogen) atoms. The van der Waals surface area contributed by atoms with Crippen LogP contribution in [0.1, 0.15) is 60.2 Å². The van der Waals surface area contributed by atoms with E-state index in [4.69, 9.17) is 9.47 Å². The summed E-state index contributed by atoms with van der Waals surface area (Å²) in [6, 6.07) is 8.01. The molecule has 0 saturated carbocycles. The number of amides is 1. The van der Waals surface area contributed by atoms with E-state index in [0.717, 1.165) is 0 Å². The minimum atomic E-state index is -4.92. The van der Waals surface area contributed by atoms with E-state index in [-0.39, 0.29) is 11.6 Å². The first-order valence-electron chi connectivity index (χ1n) is 12.0. The molecular weight excluding hydrogens is 475 g/mol. The van der Waals surface area contributed by atoms with Crippen molar-refractivity contribution in [3.05, 3.63) is 47.3 Å². The van der Waals surface area contributed by atoms with Crippen molar-refractivity contribution >= 4 is 11.7 Å². The first-order chi connectivity index (χ1) is 16.8. The fourth-order valence-electron chi connectivity index (χ4n) is 5.23. The Kier molecular flexibility index (Phi) is 6.61. The van der Waals surface area contributed by atoms with E-state index >= 15 is 0 Å². The van der Waals surface area contributed by atoms with Gasteiger partial charge in [-0.05, 0) is 71.0 Å². The topological polar surface area (TPSA) is 64.0 Å². The molecule has 0 unspecified atom stereocenters. The number of likely N-dealkylation sites (tertiary alicyclic amines) is 1. The van der Waals surface area contributed by atoms with Crippen molar-refractivity contribution < 1.29 is 32.2 Å². The smallest absolute Gasteiger partial charge is 0.456 e. The van der Waals surface area contributed by atoms with Crippen molar-refractivity contribution in [3.63, 3.8) is 0 Å². The zero-order chi connectivity index (χ0) is 26.5. The van der Waals surface area contributed by atoms with Crippen molar-refractivity contribution in [2.75, 3.05) is 33.8 Å². The summed E-state index contributed by atoms with van der Waals surface area (Å²) in [5.41, 5.74) is -0.118. The van der Waals surface area contributed by atoms with Gasteiger partial charge in [-0.15, -0.1) is 0 Å². The first-order valence-corrected chi connectivity index (χ1v) is 12.0. The van der Waals surface area contributed by atoms with E-state index < -0.39 is 23.1 Å². The van der Waals surface area contributed by atoms with E-state index in [9.17, 15) is 22.8 Å². The van der Waals surface area contributed by atoms with Gasteiger partial charge in [0.25, 0.3) is 11.7 Å². The lowest BCUT2D eigenvalue weighted by molar-refractivity contribution is -0.0892. The standard InChI is InChI=1S/C26H32F3N3O4/c1-24(2,3)36-19-8-6-17(16-20(19)35-5)23(34)31-12-10-25(11-13-31)21-9-7-18(22(33)26(27,28)29)32(21)15-14-30(25)4/h6-9,16H,10-15H2,1-5H3. The summed E-state index contributed by atoms with van der Waals surface area (Å²) in [6.07, 6.45) is -3.83. The quantitative estimate of drug-likeness (QED) is 0.571. The molecule has 4 rings (SSSR count). The average molecular weight is 508 g/mol. The van der Waals surface area contributed by atoms with Crippen LogP contribution in [0.25, 0.3) is 0 Å². The van der Waals surface area contributed by atoms with Crippen LogP contribution in [0.5, 0.6) is 11.5 Å². The van der Waals surface area contributed by atoms with E-state index in [1.165, 1.54) is 17.7 Å². The number of Topliss-reactive ketones (excluding diaryl/α,β-unsaturated/α-hetero) is 1. The third-order valence-electron chi connectivity index (χ3n) is 7.04. The zero-order valence-electron chi connectivity index (χ0n) is 21.2. The van der Waals surface area contributed by atoms with E-state index in [0.29, 0.717) is 61.8 Å². The molecule has 0 atom stereocenters. The van der Waals surface area contributed by atoms with Crippen LogP contribution < -0.4 is 9.47 Å². The molecule has 1 aromatic carbocycles. The highest BCUT2D eigenvalue weighted by atomic mass is 19.4. The second-order valence-electron chi connectivity index (χ2n) is 10.4. The summed E-state index contributed by atoms with van der Waals surface area (Å²) in [4.78, 5) is 29.2. The number of piperidine rings is 1. The van der Waals surface area contributed by atoms with Crippen LogP contribution in [0.3, 0.4) is 0 Å². The zero-order valence-corrected chi connectivity index (χ0v) is 21.2. The number of benzene rings is 1. The van der Waals surface area contributed by atoms with Crippen LogP contribution >= 0.6 is 0 Å². The second kappa shape index (κ2) is 9.14. The molecule has 7 nitrogen and oxygen atoms in total. The number of halogens is 3. The van der Waals surface area contributed by atoms with Gasteiger partial charge in [-0.3, -0.25) is 14.5 Å². The lowest BCUT2D eigenvalue weighted by Crippen LogP contribution is -2.56. The monoisotopic (exact) mass is 507 g/mol. The molecule has 1 aromatic heterocycles. The lowest BCUT2D eigenvalue weighted by atomic mass is 9.81. The third kappa shape index (κ3) is 4.70. The Hall–Kier alpha value is -3.01. The highest BCUT2D eigenvalue weighted by Crippen LogP contribution is 2.42. The molecule has 2 aromatic rings. The number of fused-ring (bicyclic) bond motifs is 2. The molecule has 196 valence electrons. The second-order valence-corrected chi connectivity index (χ2v) is 10.4. The van der Waals surface area contributed by atoms with Gasteiger partial charge in [-0.1, -0.05) is 0 Å². The number of aromatic nitrogens is 1. The average Bonchev–Trinajstić information content (AvgIpc) is 3.24. The number of nitrogens with zero attached hydrogens (tertiary/aromatic N) is 3. The number of ether oxygens (including phenoxy) is 2. The van der Waals surface area contributed by atoms with Crippen molar-refractivity contribution in [3.8, 4) is 11.5 Å². The summed E-state index contributed by atoms with van der Waals surface area (Å²) in [6.45, 7) is 7.46. The molecule has 3 heterocycles. The maximum Gasteiger partial charge on any atom is 0.456 e. The van der Waals surface area contributed by atoms with Gasteiger partial charge in [0.2, 0.25) is 0 Å². The number of hydrogen-bond donors (Lipinski definition) is 0. The fraction of sp³-hybridized carbons (Fsp3) is 0.538. The molecular formula is C26H32F3N3O4. The van der Waals surface area contributed by atoms with Gasteiger partial charge >= 0.3 is 6.18 Å². The Morgan fingerprint density at radius 3 is 2.19 bits per heavy atom. The Morgan fingerprint density at radius 2 is 1.61 bits per heavy atom. The van der Waals surface area contributed by atoms with Crippen molar-refractivity contribution in [2.24, 2.45) is 0 Å². The van der Waals surface area contributed by atoms with Crippen molar-refractivity contribution in [1.29, 1.82) is 0 Å². The SMILES string of the molecule is COc1cc(C(=O)N2CCC3(CC2)c2ccc(C(=O)C(F)(F)F)n2CCN3C)ccc1OC(C)(C)C. The molecule has 1 spiro atoms. The molecule has 1 fully saturated rings. The van der Waals surface area contributed by atoms with E-state index in [1.54, 1.807) is 29.2 Å². The molecule has 1 saturated heterocycles. The number of ketones is 1. The van der Waals surface area contributed by atoms with Gasteiger partial charge in [0, 0.05) is 37.4 Å². The fourth-order valence-corrected chi connectivity index (χ4v) is 5.23.